The maximum atomic E-state index is 13.8. The molecule has 3 aromatic rings. The van der Waals surface area contributed by atoms with E-state index >= 15 is 0 Å². The van der Waals surface area contributed by atoms with Crippen molar-refractivity contribution in [2.45, 2.75) is 18.1 Å². The fraction of sp³-hybridized carbons (Fsp3) is 0.250. The van der Waals surface area contributed by atoms with Crippen LogP contribution < -0.4 is 0 Å². The van der Waals surface area contributed by atoms with Crippen LogP contribution in [0.5, 0.6) is 0 Å². The molecule has 146 valence electrons. The number of carbonyl (C=O) groups is 1. The number of nitrogens with zero attached hydrogens (tertiary/aromatic N) is 3. The second-order valence-corrected chi connectivity index (χ2v) is 7.38. The highest BCUT2D eigenvalue weighted by molar-refractivity contribution is 7.99. The molecule has 0 aliphatic rings. The van der Waals surface area contributed by atoms with Gasteiger partial charge in [0.2, 0.25) is 0 Å². The number of hydrogen-bond acceptors (Lipinski definition) is 5. The summed E-state index contributed by atoms with van der Waals surface area (Å²) in [6, 6.07) is 13.3. The Morgan fingerprint density at radius 2 is 1.93 bits per heavy atom. The number of methoxy groups -OCH3 is 1. The largest absolute Gasteiger partial charge is 0.385 e. The van der Waals surface area contributed by atoms with Gasteiger partial charge in [0.05, 0.1) is 11.3 Å². The van der Waals surface area contributed by atoms with Crippen molar-refractivity contribution in [3.63, 3.8) is 0 Å². The summed E-state index contributed by atoms with van der Waals surface area (Å²) in [4.78, 5) is 12.4. The van der Waals surface area contributed by atoms with Crippen LogP contribution in [0.2, 0.25) is 5.02 Å². The molecule has 0 radical (unpaired) electrons. The second kappa shape index (κ2) is 9.82. The zero-order valence-corrected chi connectivity index (χ0v) is 16.8. The lowest BCUT2D eigenvalue weighted by Crippen LogP contribution is -2.08. The number of carbonyl (C=O) groups excluding carboxylic acids is 1. The van der Waals surface area contributed by atoms with Crippen LogP contribution in [0.1, 0.15) is 16.8 Å². The summed E-state index contributed by atoms with van der Waals surface area (Å²) < 4.78 is 20.9. The van der Waals surface area contributed by atoms with E-state index < -0.39 is 5.82 Å². The molecule has 0 N–H and O–H groups in total. The average molecular weight is 420 g/mol. The van der Waals surface area contributed by atoms with Gasteiger partial charge in [-0.25, -0.2) is 4.39 Å². The summed E-state index contributed by atoms with van der Waals surface area (Å²) >= 11 is 7.21. The first kappa shape index (κ1) is 20.5. The van der Waals surface area contributed by atoms with Crippen molar-refractivity contribution in [1.29, 1.82) is 0 Å². The summed E-state index contributed by atoms with van der Waals surface area (Å²) in [5.74, 6) is -0.0445. The molecule has 0 saturated carbocycles. The quantitative estimate of drug-likeness (QED) is 0.284. The van der Waals surface area contributed by atoms with Crippen LogP contribution >= 0.6 is 23.4 Å². The maximum absolute atomic E-state index is 13.8. The van der Waals surface area contributed by atoms with Gasteiger partial charge in [-0.2, -0.15) is 0 Å². The maximum Gasteiger partial charge on any atom is 0.191 e. The molecule has 28 heavy (non-hydrogen) atoms. The third-order valence-electron chi connectivity index (χ3n) is 4.06. The molecule has 2 aromatic carbocycles. The molecule has 0 unspecified atom stereocenters. The predicted molar refractivity (Wildman–Crippen MR) is 108 cm³/mol. The lowest BCUT2D eigenvalue weighted by Gasteiger charge is -2.10. The van der Waals surface area contributed by atoms with Gasteiger partial charge in [-0.3, -0.25) is 4.79 Å². The van der Waals surface area contributed by atoms with Crippen LogP contribution in [-0.2, 0) is 11.3 Å². The van der Waals surface area contributed by atoms with Gasteiger partial charge in [0.25, 0.3) is 0 Å². The summed E-state index contributed by atoms with van der Waals surface area (Å²) in [6.45, 7) is 1.23. The Hall–Kier alpha value is -2.22. The molecule has 0 bridgehead atoms. The highest BCUT2D eigenvalue weighted by atomic mass is 35.5. The number of benzene rings is 2. The van der Waals surface area contributed by atoms with Gasteiger partial charge >= 0.3 is 0 Å². The first-order valence-corrected chi connectivity index (χ1v) is 10.0. The Kier molecular flexibility index (Phi) is 7.19. The number of hydrogen-bond donors (Lipinski definition) is 0. The van der Waals surface area contributed by atoms with Gasteiger partial charge < -0.3 is 9.30 Å². The third-order valence-corrected chi connectivity index (χ3v) is 5.27. The average Bonchev–Trinajstić information content (AvgIpc) is 3.10. The summed E-state index contributed by atoms with van der Waals surface area (Å²) in [5.41, 5.74) is 0.958. The van der Waals surface area contributed by atoms with Crippen molar-refractivity contribution < 1.29 is 13.9 Å². The summed E-state index contributed by atoms with van der Waals surface area (Å²) in [7, 11) is 1.65. The molecule has 0 fully saturated rings. The van der Waals surface area contributed by atoms with Crippen molar-refractivity contribution in [3.05, 3.63) is 64.9 Å². The Balaban J connectivity index is 1.80. The summed E-state index contributed by atoms with van der Waals surface area (Å²) in [5, 5.41) is 9.76. The van der Waals surface area contributed by atoms with Gasteiger partial charge in [-0.15, -0.1) is 10.2 Å². The van der Waals surface area contributed by atoms with Gasteiger partial charge in [0.15, 0.2) is 16.8 Å². The molecule has 3 rings (SSSR count). The van der Waals surface area contributed by atoms with E-state index in [0.29, 0.717) is 29.2 Å². The number of halogens is 2. The van der Waals surface area contributed by atoms with E-state index in [2.05, 4.69) is 10.2 Å². The highest BCUT2D eigenvalue weighted by Gasteiger charge is 2.17. The van der Waals surface area contributed by atoms with Gasteiger partial charge in [0.1, 0.15) is 5.82 Å². The Bertz CT molecular complexity index is 947. The van der Waals surface area contributed by atoms with E-state index in [4.69, 9.17) is 16.3 Å². The molecule has 0 saturated heterocycles. The lowest BCUT2D eigenvalue weighted by atomic mass is 10.1. The van der Waals surface area contributed by atoms with E-state index in [1.807, 2.05) is 16.7 Å². The topological polar surface area (TPSA) is 57.0 Å². The predicted octanol–water partition coefficient (Wildman–Crippen LogP) is 4.75. The van der Waals surface area contributed by atoms with Gasteiger partial charge in [-0.1, -0.05) is 35.5 Å². The first-order chi connectivity index (χ1) is 13.6. The van der Waals surface area contributed by atoms with Crippen LogP contribution in [-0.4, -0.2) is 40.0 Å². The molecule has 8 heteroatoms. The Morgan fingerprint density at radius 1 is 1.18 bits per heavy atom. The SMILES string of the molecule is COCCCn1c(SCC(=O)c2ccccc2F)nnc1-c1ccc(Cl)cc1. The number of thioether (sulfide) groups is 1. The zero-order chi connectivity index (χ0) is 19.9. The third kappa shape index (κ3) is 4.98. The fourth-order valence-corrected chi connectivity index (χ4v) is 3.65. The molecule has 0 aliphatic heterocycles. The standard InChI is InChI=1S/C20H19ClFN3O2S/c1-27-12-4-11-25-19(14-7-9-15(21)10-8-14)23-24-20(25)28-13-18(26)16-5-2-3-6-17(16)22/h2-3,5-10H,4,11-13H2,1H3. The molecule has 5 nitrogen and oxygen atoms in total. The van der Waals surface area contributed by atoms with Crippen molar-refractivity contribution in [1.82, 2.24) is 14.8 Å². The number of ketones is 1. The molecular formula is C20H19ClFN3O2S. The Morgan fingerprint density at radius 3 is 2.64 bits per heavy atom. The number of rotatable bonds is 9. The minimum atomic E-state index is -0.517. The molecular weight excluding hydrogens is 401 g/mol. The normalized spacial score (nSPS) is 11.0. The van der Waals surface area contributed by atoms with Crippen molar-refractivity contribution >= 4 is 29.1 Å². The molecule has 0 amide bonds. The van der Waals surface area contributed by atoms with Gasteiger partial charge in [-0.05, 0) is 42.8 Å². The van der Waals surface area contributed by atoms with E-state index in [-0.39, 0.29) is 17.1 Å². The smallest absolute Gasteiger partial charge is 0.191 e. The molecule has 0 aliphatic carbocycles. The number of Topliss-reactive ketones (excluding diaryl/α,β-unsaturated/α-hetero) is 1. The molecule has 0 spiro atoms. The zero-order valence-electron chi connectivity index (χ0n) is 15.3. The van der Waals surface area contributed by atoms with Crippen LogP contribution in [0.4, 0.5) is 4.39 Å². The van der Waals surface area contributed by atoms with E-state index in [0.717, 1.165) is 12.0 Å². The molecule has 0 atom stereocenters. The minimum absolute atomic E-state index is 0.0734. The Labute approximate surface area is 171 Å². The summed E-state index contributed by atoms with van der Waals surface area (Å²) in [6.07, 6.45) is 0.768. The van der Waals surface area contributed by atoms with Crippen LogP contribution in [0.3, 0.4) is 0 Å². The van der Waals surface area contributed by atoms with Crippen LogP contribution in [0.15, 0.2) is 53.7 Å². The first-order valence-electron chi connectivity index (χ1n) is 8.68. The second-order valence-electron chi connectivity index (χ2n) is 6.00. The van der Waals surface area contributed by atoms with Gasteiger partial charge in [0, 0.05) is 30.8 Å². The van der Waals surface area contributed by atoms with Crippen LogP contribution in [0.25, 0.3) is 11.4 Å². The number of ether oxygens (including phenoxy) is 1. The van der Waals surface area contributed by atoms with Crippen molar-refractivity contribution in [2.75, 3.05) is 19.5 Å². The lowest BCUT2D eigenvalue weighted by molar-refractivity contribution is 0.101. The minimum Gasteiger partial charge on any atom is -0.385 e. The van der Waals surface area contributed by atoms with Crippen molar-refractivity contribution in [2.24, 2.45) is 0 Å². The van der Waals surface area contributed by atoms with Crippen molar-refractivity contribution in [3.8, 4) is 11.4 Å². The molecule has 1 aromatic heterocycles. The molecule has 1 heterocycles. The fourth-order valence-electron chi connectivity index (χ4n) is 2.67. The van der Waals surface area contributed by atoms with Crippen LogP contribution in [0, 0.1) is 5.82 Å². The number of aromatic nitrogens is 3. The van der Waals surface area contributed by atoms with E-state index in [1.54, 1.807) is 31.4 Å². The monoisotopic (exact) mass is 419 g/mol. The highest BCUT2D eigenvalue weighted by Crippen LogP contribution is 2.26. The van der Waals surface area contributed by atoms with E-state index in [1.165, 1.54) is 23.9 Å². The van der Waals surface area contributed by atoms with E-state index in [9.17, 15) is 9.18 Å².